The van der Waals surface area contributed by atoms with Crippen LogP contribution in [0.25, 0.3) is 0 Å². The number of aryl methyl sites for hydroxylation is 1. The van der Waals surface area contributed by atoms with E-state index < -0.39 is 22.3 Å². The van der Waals surface area contributed by atoms with Crippen molar-refractivity contribution < 1.29 is 27.2 Å². The first-order chi connectivity index (χ1) is 11.8. The first-order valence-corrected chi connectivity index (χ1v) is 9.09. The number of rotatable bonds is 7. The van der Waals surface area contributed by atoms with Gasteiger partial charge in [-0.15, -0.1) is 0 Å². The first-order valence-electron chi connectivity index (χ1n) is 7.68. The van der Waals surface area contributed by atoms with Crippen molar-refractivity contribution in [1.29, 1.82) is 0 Å². The van der Waals surface area contributed by atoms with Gasteiger partial charge in [-0.05, 0) is 43.7 Å². The van der Waals surface area contributed by atoms with Crippen molar-refractivity contribution in [2.75, 3.05) is 14.2 Å². The van der Waals surface area contributed by atoms with Crippen LogP contribution in [-0.2, 0) is 14.3 Å². The third kappa shape index (κ3) is 4.50. The molecule has 2 aromatic carbocycles. The van der Waals surface area contributed by atoms with Gasteiger partial charge in [0.05, 0.1) is 19.1 Å². The molecule has 0 amide bonds. The second kappa shape index (κ2) is 7.86. The predicted octanol–water partition coefficient (Wildman–Crippen LogP) is 2.84. The van der Waals surface area contributed by atoms with Crippen LogP contribution >= 0.6 is 0 Å². The minimum Gasteiger partial charge on any atom is -0.493 e. The third-order valence-electron chi connectivity index (χ3n) is 3.78. The topological polar surface area (TPSA) is 82.1 Å². The summed E-state index contributed by atoms with van der Waals surface area (Å²) in [5, 5.41) is 10.4. The molecule has 25 heavy (non-hydrogen) atoms. The highest BCUT2D eigenvalue weighted by Crippen LogP contribution is 2.32. The second-order valence-electron chi connectivity index (χ2n) is 5.63. The van der Waals surface area contributed by atoms with Crippen molar-refractivity contribution in [2.45, 2.75) is 31.0 Å². The maximum atomic E-state index is 12.3. The summed E-state index contributed by atoms with van der Waals surface area (Å²) in [5.74, 6) is 0.951. The number of hydrogen-bond acceptors (Lipinski definition) is 6. The summed E-state index contributed by atoms with van der Waals surface area (Å²) in [6, 6.07) is 11.2. The number of hydrogen-bond donors (Lipinski definition) is 1. The fourth-order valence-electron chi connectivity index (χ4n) is 2.32. The molecule has 0 spiro atoms. The van der Waals surface area contributed by atoms with Gasteiger partial charge < -0.3 is 14.6 Å². The maximum Gasteiger partial charge on any atom is 0.297 e. The monoisotopic (exact) mass is 366 g/mol. The van der Waals surface area contributed by atoms with E-state index >= 15 is 0 Å². The summed E-state index contributed by atoms with van der Waals surface area (Å²) < 4.78 is 40.2. The quantitative estimate of drug-likeness (QED) is 0.759. The molecule has 0 heterocycles. The van der Waals surface area contributed by atoms with Crippen LogP contribution in [0.15, 0.2) is 47.4 Å². The number of benzene rings is 2. The van der Waals surface area contributed by atoms with Crippen LogP contribution in [0.5, 0.6) is 11.5 Å². The number of methoxy groups -OCH3 is 2. The Bertz CT molecular complexity index is 814. The largest absolute Gasteiger partial charge is 0.493 e. The van der Waals surface area contributed by atoms with Gasteiger partial charge in [0.2, 0.25) is 0 Å². The second-order valence-corrected chi connectivity index (χ2v) is 7.20. The average Bonchev–Trinajstić information content (AvgIpc) is 2.60. The van der Waals surface area contributed by atoms with Gasteiger partial charge >= 0.3 is 0 Å². The Hall–Kier alpha value is -2.09. The van der Waals surface area contributed by atoms with E-state index in [0.29, 0.717) is 17.1 Å². The van der Waals surface area contributed by atoms with Crippen molar-refractivity contribution in [1.82, 2.24) is 0 Å². The molecule has 0 aromatic heterocycles. The molecule has 2 atom stereocenters. The summed E-state index contributed by atoms with van der Waals surface area (Å²) in [5.41, 5.74) is 1.40. The highest BCUT2D eigenvalue weighted by molar-refractivity contribution is 7.86. The molecule has 136 valence electrons. The van der Waals surface area contributed by atoms with Crippen LogP contribution in [0, 0.1) is 6.92 Å². The fraction of sp³-hybridized carbons (Fsp3) is 0.333. The van der Waals surface area contributed by atoms with Crippen LogP contribution in [0.2, 0.25) is 0 Å². The SMILES string of the molecule is COc1ccc([C@@H](O)[C@@H](C)OS(=O)(=O)c2ccc(C)cc2)cc1OC. The summed E-state index contributed by atoms with van der Waals surface area (Å²) in [7, 11) is -0.984. The molecule has 0 aliphatic rings. The van der Waals surface area contributed by atoms with Crippen LogP contribution in [-0.4, -0.2) is 33.8 Å². The third-order valence-corrected chi connectivity index (χ3v) is 5.19. The Labute approximate surface area is 148 Å². The Balaban J connectivity index is 2.19. The minimum atomic E-state index is -3.97. The van der Waals surface area contributed by atoms with Crippen LogP contribution in [0.4, 0.5) is 0 Å². The maximum absolute atomic E-state index is 12.3. The molecular weight excluding hydrogens is 344 g/mol. The van der Waals surface area contributed by atoms with E-state index in [2.05, 4.69) is 0 Å². The first kappa shape index (κ1) is 19.2. The number of aliphatic hydroxyl groups excluding tert-OH is 1. The molecule has 0 aliphatic heterocycles. The number of aliphatic hydroxyl groups is 1. The van der Waals surface area contributed by atoms with Crippen LogP contribution < -0.4 is 9.47 Å². The van der Waals surface area contributed by atoms with Gasteiger partial charge in [0.25, 0.3) is 10.1 Å². The molecule has 0 radical (unpaired) electrons. The van der Waals surface area contributed by atoms with E-state index in [1.807, 2.05) is 6.92 Å². The molecule has 1 N–H and O–H groups in total. The molecule has 6 nitrogen and oxygen atoms in total. The van der Waals surface area contributed by atoms with Gasteiger partial charge in [-0.25, -0.2) is 0 Å². The van der Waals surface area contributed by atoms with Gasteiger partial charge in [0.1, 0.15) is 12.2 Å². The van der Waals surface area contributed by atoms with E-state index in [9.17, 15) is 13.5 Å². The van der Waals surface area contributed by atoms with E-state index in [1.165, 1.54) is 33.3 Å². The Morgan fingerprint density at radius 2 is 1.56 bits per heavy atom. The minimum absolute atomic E-state index is 0.0458. The zero-order valence-electron chi connectivity index (χ0n) is 14.6. The molecular formula is C18H22O6S. The Morgan fingerprint density at radius 1 is 0.960 bits per heavy atom. The zero-order valence-corrected chi connectivity index (χ0v) is 15.4. The Morgan fingerprint density at radius 3 is 2.12 bits per heavy atom. The van der Waals surface area contributed by atoms with Gasteiger partial charge in [-0.3, -0.25) is 4.18 Å². The standard InChI is InChI=1S/C18H22O6S/c1-12-5-8-15(9-6-12)25(20,21)24-13(2)18(19)14-7-10-16(22-3)17(11-14)23-4/h5-11,13,18-19H,1-4H3/t13-,18+/m1/s1. The van der Waals surface area contributed by atoms with Crippen LogP contribution in [0.1, 0.15) is 24.2 Å². The fourth-order valence-corrected chi connectivity index (χ4v) is 3.41. The van der Waals surface area contributed by atoms with Crippen molar-refractivity contribution >= 4 is 10.1 Å². The number of ether oxygens (including phenoxy) is 2. The molecule has 2 aromatic rings. The lowest BCUT2D eigenvalue weighted by Crippen LogP contribution is -2.23. The molecule has 0 fully saturated rings. The lowest BCUT2D eigenvalue weighted by molar-refractivity contribution is 0.0506. The van der Waals surface area contributed by atoms with E-state index in [0.717, 1.165) is 5.56 Å². The van der Waals surface area contributed by atoms with E-state index in [1.54, 1.807) is 30.3 Å². The highest BCUT2D eigenvalue weighted by atomic mass is 32.2. The van der Waals surface area contributed by atoms with Gasteiger partial charge in [0, 0.05) is 0 Å². The molecule has 0 bridgehead atoms. The molecule has 0 aliphatic carbocycles. The summed E-state index contributed by atoms with van der Waals surface area (Å²) in [4.78, 5) is 0.0458. The van der Waals surface area contributed by atoms with E-state index in [4.69, 9.17) is 13.7 Å². The smallest absolute Gasteiger partial charge is 0.297 e. The normalized spacial score (nSPS) is 14.0. The summed E-state index contributed by atoms with van der Waals surface area (Å²) >= 11 is 0. The molecule has 0 saturated heterocycles. The Kier molecular flexibility index (Phi) is 6.05. The van der Waals surface area contributed by atoms with E-state index in [-0.39, 0.29) is 4.90 Å². The highest BCUT2D eigenvalue weighted by Gasteiger charge is 2.26. The van der Waals surface area contributed by atoms with Crippen molar-refractivity contribution in [3.8, 4) is 11.5 Å². The lowest BCUT2D eigenvalue weighted by Gasteiger charge is -2.20. The molecule has 7 heteroatoms. The van der Waals surface area contributed by atoms with Gasteiger partial charge in [-0.1, -0.05) is 23.8 Å². The summed E-state index contributed by atoms with van der Waals surface area (Å²) in [6.07, 6.45) is -2.13. The molecule has 0 unspecified atom stereocenters. The summed E-state index contributed by atoms with van der Waals surface area (Å²) in [6.45, 7) is 3.35. The zero-order chi connectivity index (χ0) is 18.6. The predicted molar refractivity (Wildman–Crippen MR) is 93.4 cm³/mol. The van der Waals surface area contributed by atoms with Crippen molar-refractivity contribution in [2.24, 2.45) is 0 Å². The van der Waals surface area contributed by atoms with Crippen molar-refractivity contribution in [3.05, 3.63) is 53.6 Å². The van der Waals surface area contributed by atoms with Crippen LogP contribution in [0.3, 0.4) is 0 Å². The van der Waals surface area contributed by atoms with Gasteiger partial charge in [0.15, 0.2) is 11.5 Å². The van der Waals surface area contributed by atoms with Crippen molar-refractivity contribution in [3.63, 3.8) is 0 Å². The lowest BCUT2D eigenvalue weighted by atomic mass is 10.0. The molecule has 2 rings (SSSR count). The molecule has 0 saturated carbocycles. The van der Waals surface area contributed by atoms with Gasteiger partial charge in [-0.2, -0.15) is 8.42 Å². The average molecular weight is 366 g/mol.